The van der Waals surface area contributed by atoms with Gasteiger partial charge in [-0.3, -0.25) is 4.98 Å². The van der Waals surface area contributed by atoms with Gasteiger partial charge in [-0.25, -0.2) is 9.78 Å². The van der Waals surface area contributed by atoms with Gasteiger partial charge in [-0.15, -0.1) is 10.2 Å². The Kier molecular flexibility index (Phi) is 5.56. The number of carbonyl (C=O) groups excluding carboxylic acids is 1. The first-order valence-corrected chi connectivity index (χ1v) is 9.42. The summed E-state index contributed by atoms with van der Waals surface area (Å²) in [6.07, 6.45) is 10.1. The van der Waals surface area contributed by atoms with E-state index in [1.54, 1.807) is 30.6 Å². The molecule has 2 heterocycles. The zero-order valence-corrected chi connectivity index (χ0v) is 15.4. The van der Waals surface area contributed by atoms with Crippen LogP contribution in [0.1, 0.15) is 32.1 Å². The summed E-state index contributed by atoms with van der Waals surface area (Å²) in [7, 11) is 0. The van der Waals surface area contributed by atoms with Gasteiger partial charge in [0.15, 0.2) is 0 Å². The molecule has 0 bridgehead atoms. The molecule has 28 heavy (non-hydrogen) atoms. The molecule has 1 fully saturated rings. The van der Waals surface area contributed by atoms with Crippen molar-refractivity contribution in [2.24, 2.45) is 5.92 Å². The number of benzene rings is 1. The van der Waals surface area contributed by atoms with E-state index in [2.05, 4.69) is 25.5 Å². The average Bonchev–Trinajstić information content (AvgIpc) is 3.28. The number of nitrogens with one attached hydrogen (secondary N) is 1. The lowest BCUT2D eigenvalue weighted by molar-refractivity contribution is 0.196. The summed E-state index contributed by atoms with van der Waals surface area (Å²) in [6, 6.07) is 7.16. The highest BCUT2D eigenvalue weighted by molar-refractivity contribution is 5.71. The maximum atomic E-state index is 12.1. The van der Waals surface area contributed by atoms with Crippen LogP contribution in [0.4, 0.5) is 4.79 Å². The molecule has 1 amide bonds. The van der Waals surface area contributed by atoms with Crippen molar-refractivity contribution in [3.05, 3.63) is 43.1 Å². The topological polar surface area (TPSA) is 103 Å². The van der Waals surface area contributed by atoms with Crippen molar-refractivity contribution in [3.8, 4) is 28.6 Å². The highest BCUT2D eigenvalue weighted by Gasteiger charge is 2.15. The zero-order valence-electron chi connectivity index (χ0n) is 15.4. The van der Waals surface area contributed by atoms with Gasteiger partial charge in [-0.1, -0.05) is 31.4 Å². The highest BCUT2D eigenvalue weighted by atomic mass is 16.6. The van der Waals surface area contributed by atoms with E-state index in [-0.39, 0.29) is 0 Å². The number of amides is 1. The van der Waals surface area contributed by atoms with Crippen LogP contribution in [0.3, 0.4) is 0 Å². The van der Waals surface area contributed by atoms with Gasteiger partial charge in [0.05, 0.1) is 18.1 Å². The number of hydrogen-bond acceptors (Lipinski definition) is 7. The molecule has 0 saturated heterocycles. The molecule has 1 aliphatic carbocycles. The third-order valence-corrected chi connectivity index (χ3v) is 4.81. The van der Waals surface area contributed by atoms with Crippen LogP contribution in [0, 0.1) is 5.92 Å². The van der Waals surface area contributed by atoms with Crippen molar-refractivity contribution in [1.82, 2.24) is 25.5 Å². The monoisotopic (exact) mass is 379 g/mol. The fourth-order valence-electron chi connectivity index (χ4n) is 3.37. The van der Waals surface area contributed by atoms with Crippen molar-refractivity contribution in [3.63, 3.8) is 0 Å². The van der Waals surface area contributed by atoms with Crippen LogP contribution in [-0.2, 0) is 0 Å². The molecule has 0 atom stereocenters. The molecular formula is C20H21N5O3. The van der Waals surface area contributed by atoms with E-state index in [9.17, 15) is 4.79 Å². The minimum Gasteiger partial charge on any atom is -0.422 e. The van der Waals surface area contributed by atoms with Gasteiger partial charge in [0.2, 0.25) is 6.39 Å². The number of nitrogens with zero attached hydrogens (tertiary/aromatic N) is 4. The lowest BCUT2D eigenvalue weighted by atomic mass is 9.89. The van der Waals surface area contributed by atoms with E-state index in [0.29, 0.717) is 35.5 Å². The molecule has 0 spiro atoms. The van der Waals surface area contributed by atoms with Crippen molar-refractivity contribution < 1.29 is 13.9 Å². The minimum absolute atomic E-state index is 0.295. The third kappa shape index (κ3) is 4.51. The van der Waals surface area contributed by atoms with Crippen LogP contribution in [0.25, 0.3) is 22.8 Å². The summed E-state index contributed by atoms with van der Waals surface area (Å²) in [5, 5.41) is 10.4. The van der Waals surface area contributed by atoms with E-state index in [1.807, 2.05) is 6.07 Å². The van der Waals surface area contributed by atoms with Crippen LogP contribution in [-0.4, -0.2) is 32.8 Å². The molecule has 0 unspecified atom stereocenters. The summed E-state index contributed by atoms with van der Waals surface area (Å²) in [5.74, 6) is 1.29. The standard InChI is InChI=1S/C20H21N5O3/c26-20(22-10-14-5-2-1-3-6-14)28-16-8-4-7-15(9-16)17-11-21-12-18(24-17)19-25-23-13-27-19/h4,7-9,11-14H,1-3,5-6,10H2,(H,22,26). The maximum Gasteiger partial charge on any atom is 0.412 e. The van der Waals surface area contributed by atoms with Crippen molar-refractivity contribution in [2.75, 3.05) is 6.54 Å². The van der Waals surface area contributed by atoms with Gasteiger partial charge < -0.3 is 14.5 Å². The molecule has 3 aromatic rings. The molecule has 0 radical (unpaired) electrons. The quantitative estimate of drug-likeness (QED) is 0.718. The number of hydrogen-bond donors (Lipinski definition) is 1. The average molecular weight is 379 g/mol. The number of rotatable bonds is 5. The fraction of sp³-hybridized carbons (Fsp3) is 0.350. The van der Waals surface area contributed by atoms with Crippen LogP contribution in [0.5, 0.6) is 5.75 Å². The van der Waals surface area contributed by atoms with Gasteiger partial charge in [0.25, 0.3) is 5.89 Å². The number of aromatic nitrogens is 4. The molecule has 1 aromatic carbocycles. The number of ether oxygens (including phenoxy) is 1. The molecule has 1 saturated carbocycles. The Hall–Kier alpha value is -3.29. The van der Waals surface area contributed by atoms with Crippen LogP contribution >= 0.6 is 0 Å². The first kappa shape index (κ1) is 18.1. The number of carbonyl (C=O) groups is 1. The van der Waals surface area contributed by atoms with E-state index in [1.165, 1.54) is 38.5 Å². The molecule has 4 rings (SSSR count). The molecule has 1 aliphatic rings. The van der Waals surface area contributed by atoms with Crippen LogP contribution in [0.15, 0.2) is 47.5 Å². The summed E-state index contributed by atoms with van der Waals surface area (Å²) in [5.41, 5.74) is 1.86. The molecule has 8 nitrogen and oxygen atoms in total. The van der Waals surface area contributed by atoms with Crippen LogP contribution in [0.2, 0.25) is 0 Å². The smallest absolute Gasteiger partial charge is 0.412 e. The second kappa shape index (κ2) is 8.60. The molecule has 8 heteroatoms. The Labute approximate surface area is 162 Å². The summed E-state index contributed by atoms with van der Waals surface area (Å²) in [6.45, 7) is 0.663. The second-order valence-corrected chi connectivity index (χ2v) is 6.84. The fourth-order valence-corrected chi connectivity index (χ4v) is 3.37. The van der Waals surface area contributed by atoms with Crippen LogP contribution < -0.4 is 10.1 Å². The lowest BCUT2D eigenvalue weighted by Gasteiger charge is -2.21. The summed E-state index contributed by atoms with van der Waals surface area (Å²) < 4.78 is 10.6. The highest BCUT2D eigenvalue weighted by Crippen LogP contribution is 2.25. The second-order valence-electron chi connectivity index (χ2n) is 6.84. The minimum atomic E-state index is -0.437. The Balaban J connectivity index is 1.41. The SMILES string of the molecule is O=C(NCC1CCCCC1)Oc1cccc(-c2cncc(-c3nnco3)n2)c1. The largest absolute Gasteiger partial charge is 0.422 e. The van der Waals surface area contributed by atoms with Gasteiger partial charge in [0, 0.05) is 12.1 Å². The summed E-state index contributed by atoms with van der Waals surface area (Å²) >= 11 is 0. The Morgan fingerprint density at radius 1 is 1.18 bits per heavy atom. The Morgan fingerprint density at radius 2 is 2.04 bits per heavy atom. The normalized spacial score (nSPS) is 14.6. The Bertz CT molecular complexity index is 923. The third-order valence-electron chi connectivity index (χ3n) is 4.81. The van der Waals surface area contributed by atoms with E-state index < -0.39 is 6.09 Å². The van der Waals surface area contributed by atoms with Crippen molar-refractivity contribution >= 4 is 6.09 Å². The Morgan fingerprint density at radius 3 is 2.86 bits per heavy atom. The van der Waals surface area contributed by atoms with Gasteiger partial charge >= 0.3 is 6.09 Å². The molecule has 2 aromatic heterocycles. The molecule has 1 N–H and O–H groups in total. The van der Waals surface area contributed by atoms with Gasteiger partial charge in [-0.05, 0) is 30.9 Å². The van der Waals surface area contributed by atoms with Gasteiger partial charge in [0.1, 0.15) is 11.4 Å². The predicted octanol–water partition coefficient (Wildman–Crippen LogP) is 3.86. The first-order valence-electron chi connectivity index (χ1n) is 9.42. The predicted molar refractivity (Wildman–Crippen MR) is 101 cm³/mol. The summed E-state index contributed by atoms with van der Waals surface area (Å²) in [4.78, 5) is 20.8. The first-order chi connectivity index (χ1) is 13.8. The lowest BCUT2D eigenvalue weighted by Crippen LogP contribution is -2.32. The van der Waals surface area contributed by atoms with Crippen molar-refractivity contribution in [1.29, 1.82) is 0 Å². The molecule has 144 valence electrons. The van der Waals surface area contributed by atoms with E-state index >= 15 is 0 Å². The van der Waals surface area contributed by atoms with E-state index in [0.717, 1.165) is 5.56 Å². The maximum absolute atomic E-state index is 12.1. The molecular weight excluding hydrogens is 358 g/mol. The zero-order chi connectivity index (χ0) is 19.2. The van der Waals surface area contributed by atoms with Crippen molar-refractivity contribution in [2.45, 2.75) is 32.1 Å². The molecule has 0 aliphatic heterocycles. The van der Waals surface area contributed by atoms with Gasteiger partial charge in [-0.2, -0.15) is 0 Å². The van der Waals surface area contributed by atoms with E-state index in [4.69, 9.17) is 9.15 Å².